The number of aliphatic hydroxyl groups excluding tert-OH is 1. The van der Waals surface area contributed by atoms with E-state index in [0.717, 1.165) is 0 Å². The van der Waals surface area contributed by atoms with Crippen LogP contribution in [-0.2, 0) is 14.3 Å². The first-order chi connectivity index (χ1) is 7.61. The number of hydrogen-bond acceptors (Lipinski definition) is 5. The summed E-state index contributed by atoms with van der Waals surface area (Å²) in [5, 5.41) is 12.0. The molecule has 0 aliphatic heterocycles. The van der Waals surface area contributed by atoms with Crippen LogP contribution in [0.15, 0.2) is 0 Å². The average Bonchev–Trinajstić information content (AvgIpc) is 2.26. The molecule has 1 amide bonds. The van der Waals surface area contributed by atoms with Crippen LogP contribution in [0.5, 0.6) is 0 Å². The van der Waals surface area contributed by atoms with Crippen molar-refractivity contribution in [2.75, 3.05) is 34.0 Å². The Labute approximate surface area is 96.1 Å². The highest BCUT2D eigenvalue weighted by atomic mass is 16.5. The summed E-state index contributed by atoms with van der Waals surface area (Å²) in [6.45, 7) is 1.12. The van der Waals surface area contributed by atoms with E-state index >= 15 is 0 Å². The van der Waals surface area contributed by atoms with Crippen LogP contribution < -0.4 is 11.1 Å². The van der Waals surface area contributed by atoms with E-state index in [4.69, 9.17) is 15.2 Å². The van der Waals surface area contributed by atoms with Crippen LogP contribution in [0.2, 0.25) is 0 Å². The van der Waals surface area contributed by atoms with Crippen LogP contribution in [0.3, 0.4) is 0 Å². The number of ether oxygens (including phenoxy) is 2. The molecule has 0 radical (unpaired) electrons. The van der Waals surface area contributed by atoms with Crippen LogP contribution >= 0.6 is 0 Å². The van der Waals surface area contributed by atoms with E-state index in [2.05, 4.69) is 5.32 Å². The minimum Gasteiger partial charge on any atom is -0.391 e. The Morgan fingerprint density at radius 3 is 2.62 bits per heavy atom. The van der Waals surface area contributed by atoms with Crippen molar-refractivity contribution < 1.29 is 19.4 Å². The third kappa shape index (κ3) is 7.58. The van der Waals surface area contributed by atoms with Crippen molar-refractivity contribution in [3.8, 4) is 0 Å². The van der Waals surface area contributed by atoms with Gasteiger partial charge in [0.2, 0.25) is 5.91 Å². The molecule has 0 aromatic heterocycles. The van der Waals surface area contributed by atoms with E-state index in [0.29, 0.717) is 26.0 Å². The van der Waals surface area contributed by atoms with Crippen molar-refractivity contribution >= 4 is 5.91 Å². The maximum absolute atomic E-state index is 11.4. The molecule has 0 aliphatic rings. The third-order valence-electron chi connectivity index (χ3n) is 2.11. The molecule has 0 bridgehead atoms. The molecule has 0 spiro atoms. The zero-order valence-corrected chi connectivity index (χ0v) is 9.94. The van der Waals surface area contributed by atoms with Gasteiger partial charge in [-0.25, -0.2) is 0 Å². The molecule has 2 unspecified atom stereocenters. The van der Waals surface area contributed by atoms with Gasteiger partial charge in [-0.05, 0) is 12.8 Å². The molecule has 0 heterocycles. The summed E-state index contributed by atoms with van der Waals surface area (Å²) in [6, 6.07) is -0.556. The summed E-state index contributed by atoms with van der Waals surface area (Å²) in [4.78, 5) is 11.4. The van der Waals surface area contributed by atoms with Crippen molar-refractivity contribution in [2.24, 2.45) is 5.73 Å². The van der Waals surface area contributed by atoms with E-state index in [1.165, 1.54) is 7.11 Å². The molecule has 4 N–H and O–H groups in total. The first kappa shape index (κ1) is 15.3. The Balaban J connectivity index is 3.56. The number of aliphatic hydroxyl groups is 1. The maximum Gasteiger partial charge on any atom is 0.237 e. The van der Waals surface area contributed by atoms with E-state index < -0.39 is 12.1 Å². The molecule has 6 heteroatoms. The largest absolute Gasteiger partial charge is 0.391 e. The van der Waals surface area contributed by atoms with Crippen LogP contribution in [0.25, 0.3) is 0 Å². The number of carbonyl (C=O) groups excluding carboxylic acids is 1. The van der Waals surface area contributed by atoms with Gasteiger partial charge >= 0.3 is 0 Å². The van der Waals surface area contributed by atoms with Crippen LogP contribution in [0.1, 0.15) is 12.8 Å². The topological polar surface area (TPSA) is 93.8 Å². The fourth-order valence-corrected chi connectivity index (χ4v) is 1.14. The fourth-order valence-electron chi connectivity index (χ4n) is 1.14. The van der Waals surface area contributed by atoms with Crippen molar-refractivity contribution in [3.63, 3.8) is 0 Å². The van der Waals surface area contributed by atoms with Crippen molar-refractivity contribution in [1.29, 1.82) is 0 Å². The first-order valence-electron chi connectivity index (χ1n) is 5.31. The summed E-state index contributed by atoms with van der Waals surface area (Å²) in [6.07, 6.45) is 0.389. The SMILES string of the molecule is COCCC(N)C(=O)NCCC(O)COC. The van der Waals surface area contributed by atoms with Crippen LogP contribution in [0, 0.1) is 0 Å². The molecule has 0 aromatic carbocycles. The Bertz CT molecular complexity index is 190. The van der Waals surface area contributed by atoms with Gasteiger partial charge in [0.05, 0.1) is 18.8 Å². The minimum atomic E-state index is -0.556. The summed E-state index contributed by atoms with van der Waals surface area (Å²) in [7, 11) is 3.08. The van der Waals surface area contributed by atoms with Gasteiger partial charge in [0.25, 0.3) is 0 Å². The lowest BCUT2D eigenvalue weighted by molar-refractivity contribution is -0.122. The lowest BCUT2D eigenvalue weighted by Crippen LogP contribution is -2.42. The molecular formula is C10H22N2O4. The van der Waals surface area contributed by atoms with E-state index in [1.807, 2.05) is 0 Å². The standard InChI is InChI=1S/C10H22N2O4/c1-15-6-4-9(11)10(14)12-5-3-8(13)7-16-2/h8-9,13H,3-7,11H2,1-2H3,(H,12,14). The van der Waals surface area contributed by atoms with Crippen molar-refractivity contribution in [1.82, 2.24) is 5.32 Å². The molecule has 6 nitrogen and oxygen atoms in total. The normalized spacial score (nSPS) is 14.5. The number of rotatable bonds is 9. The molecule has 16 heavy (non-hydrogen) atoms. The monoisotopic (exact) mass is 234 g/mol. The van der Waals surface area contributed by atoms with Gasteiger partial charge < -0.3 is 25.6 Å². The van der Waals surface area contributed by atoms with Gasteiger partial charge in [0.1, 0.15) is 0 Å². The second-order valence-electron chi connectivity index (χ2n) is 3.58. The number of methoxy groups -OCH3 is 2. The zero-order chi connectivity index (χ0) is 12.4. The predicted octanol–water partition coefficient (Wildman–Crippen LogP) is -1.14. The zero-order valence-electron chi connectivity index (χ0n) is 9.94. The first-order valence-corrected chi connectivity index (χ1v) is 5.31. The van der Waals surface area contributed by atoms with Gasteiger partial charge in [-0.15, -0.1) is 0 Å². The molecule has 0 saturated heterocycles. The van der Waals surface area contributed by atoms with Gasteiger partial charge in [-0.1, -0.05) is 0 Å². The molecule has 0 aliphatic carbocycles. The quantitative estimate of drug-likeness (QED) is 0.469. The van der Waals surface area contributed by atoms with Gasteiger partial charge in [0, 0.05) is 27.4 Å². The lowest BCUT2D eigenvalue weighted by atomic mass is 10.2. The fraction of sp³-hybridized carbons (Fsp3) is 0.900. The highest BCUT2D eigenvalue weighted by Gasteiger charge is 2.12. The number of nitrogens with one attached hydrogen (secondary N) is 1. The van der Waals surface area contributed by atoms with Crippen LogP contribution in [0.4, 0.5) is 0 Å². The summed E-state index contributed by atoms with van der Waals surface area (Å²) in [5.41, 5.74) is 5.60. The number of nitrogens with two attached hydrogens (primary N) is 1. The van der Waals surface area contributed by atoms with Crippen LogP contribution in [-0.4, -0.2) is 57.1 Å². The number of hydrogen-bond donors (Lipinski definition) is 3. The average molecular weight is 234 g/mol. The summed E-state index contributed by atoms with van der Waals surface area (Å²) < 4.78 is 9.58. The molecular weight excluding hydrogens is 212 g/mol. The van der Waals surface area contributed by atoms with Gasteiger partial charge in [-0.2, -0.15) is 0 Å². The van der Waals surface area contributed by atoms with Crippen molar-refractivity contribution in [3.05, 3.63) is 0 Å². The number of amides is 1. The Morgan fingerprint density at radius 2 is 2.06 bits per heavy atom. The second kappa shape index (κ2) is 9.53. The Morgan fingerprint density at radius 1 is 1.38 bits per heavy atom. The van der Waals surface area contributed by atoms with Crippen molar-refractivity contribution in [2.45, 2.75) is 25.0 Å². The van der Waals surface area contributed by atoms with Gasteiger partial charge in [-0.3, -0.25) is 4.79 Å². The lowest BCUT2D eigenvalue weighted by Gasteiger charge is -2.13. The highest BCUT2D eigenvalue weighted by molar-refractivity contribution is 5.81. The smallest absolute Gasteiger partial charge is 0.237 e. The number of carbonyl (C=O) groups is 1. The van der Waals surface area contributed by atoms with E-state index in [-0.39, 0.29) is 12.5 Å². The maximum atomic E-state index is 11.4. The Kier molecular flexibility index (Phi) is 9.12. The highest BCUT2D eigenvalue weighted by Crippen LogP contribution is 1.92. The van der Waals surface area contributed by atoms with E-state index in [1.54, 1.807) is 7.11 Å². The predicted molar refractivity (Wildman–Crippen MR) is 60.0 cm³/mol. The molecule has 0 fully saturated rings. The molecule has 0 saturated carbocycles. The third-order valence-corrected chi connectivity index (χ3v) is 2.11. The minimum absolute atomic E-state index is 0.221. The second-order valence-corrected chi connectivity index (χ2v) is 3.58. The molecule has 0 aromatic rings. The summed E-state index contributed by atoms with van der Waals surface area (Å²) in [5.74, 6) is -0.221. The summed E-state index contributed by atoms with van der Waals surface area (Å²) >= 11 is 0. The van der Waals surface area contributed by atoms with Gasteiger partial charge in [0.15, 0.2) is 0 Å². The Hall–Kier alpha value is -0.690. The molecule has 96 valence electrons. The van der Waals surface area contributed by atoms with E-state index in [9.17, 15) is 9.90 Å². The molecule has 0 rings (SSSR count). The molecule has 2 atom stereocenters.